The monoisotopic (exact) mass is 295 g/mol. The minimum atomic E-state index is 0.268. The van der Waals surface area contributed by atoms with Gasteiger partial charge in [0, 0.05) is 10.6 Å². The van der Waals surface area contributed by atoms with Crippen LogP contribution < -0.4 is 9.72 Å². The molecule has 0 unspecified atom stereocenters. The normalized spacial score (nSPS) is 10.9. The molecular formula is C12H9Cl2N4O+. The van der Waals surface area contributed by atoms with Crippen LogP contribution in [0, 0.1) is 0 Å². The van der Waals surface area contributed by atoms with E-state index < -0.39 is 0 Å². The quantitative estimate of drug-likeness (QED) is 0.790. The van der Waals surface area contributed by atoms with Crippen molar-refractivity contribution >= 4 is 34.4 Å². The summed E-state index contributed by atoms with van der Waals surface area (Å²) in [6.45, 7) is 0. The second-order valence-electron chi connectivity index (χ2n) is 3.84. The molecule has 0 aliphatic rings. The number of aromatic nitrogens is 4. The molecule has 0 saturated carbocycles. The number of nitrogens with zero attached hydrogens (tertiary/aromatic N) is 2. The van der Waals surface area contributed by atoms with Gasteiger partial charge in [0.2, 0.25) is 0 Å². The standard InChI is InChI=1S/C12H8Cl2N4O/c1-19-12-17-9(10-11(18-12)16-5-15-10)7-3-2-6(13)4-8(7)14/h2-5H,1H3,(H,15,16,17,18)/p+1. The van der Waals surface area contributed by atoms with Crippen molar-refractivity contribution in [3.8, 4) is 17.3 Å². The Morgan fingerprint density at radius 2 is 2.11 bits per heavy atom. The Bertz CT molecular complexity index is 757. The van der Waals surface area contributed by atoms with Gasteiger partial charge in [0.15, 0.2) is 11.8 Å². The number of halogens is 2. The van der Waals surface area contributed by atoms with Crippen molar-refractivity contribution in [3.05, 3.63) is 34.6 Å². The SMILES string of the molecule is COc1nc(-c2ccc(Cl)cc2Cl)c2[nH]c[nH+]c2n1. The first-order valence-corrected chi connectivity index (χ1v) is 6.21. The molecule has 19 heavy (non-hydrogen) atoms. The predicted molar refractivity (Wildman–Crippen MR) is 72.5 cm³/mol. The van der Waals surface area contributed by atoms with Crippen molar-refractivity contribution in [2.24, 2.45) is 0 Å². The number of aromatic amines is 2. The highest BCUT2D eigenvalue weighted by molar-refractivity contribution is 6.36. The Morgan fingerprint density at radius 1 is 1.26 bits per heavy atom. The van der Waals surface area contributed by atoms with Gasteiger partial charge in [-0.2, -0.15) is 4.98 Å². The van der Waals surface area contributed by atoms with Gasteiger partial charge in [-0.1, -0.05) is 23.2 Å². The zero-order chi connectivity index (χ0) is 13.4. The summed E-state index contributed by atoms with van der Waals surface area (Å²) in [6, 6.07) is 5.51. The van der Waals surface area contributed by atoms with Crippen LogP contribution in [0.5, 0.6) is 6.01 Å². The van der Waals surface area contributed by atoms with Gasteiger partial charge in [-0.05, 0) is 23.2 Å². The van der Waals surface area contributed by atoms with E-state index in [4.69, 9.17) is 27.9 Å². The van der Waals surface area contributed by atoms with E-state index in [1.54, 1.807) is 18.5 Å². The molecule has 5 nitrogen and oxygen atoms in total. The summed E-state index contributed by atoms with van der Waals surface area (Å²) < 4.78 is 5.09. The van der Waals surface area contributed by atoms with Crippen molar-refractivity contribution in [3.63, 3.8) is 0 Å². The minimum Gasteiger partial charge on any atom is -0.454 e. The Labute approximate surface area is 118 Å². The first kappa shape index (κ1) is 12.2. The number of rotatable bonds is 2. The topological polar surface area (TPSA) is 64.9 Å². The highest BCUT2D eigenvalue weighted by Crippen LogP contribution is 2.32. The minimum absolute atomic E-state index is 0.268. The van der Waals surface area contributed by atoms with E-state index in [2.05, 4.69) is 19.9 Å². The zero-order valence-corrected chi connectivity index (χ0v) is 11.4. The lowest BCUT2D eigenvalue weighted by Gasteiger charge is -2.04. The number of hydrogen-bond acceptors (Lipinski definition) is 3. The van der Waals surface area contributed by atoms with Crippen molar-refractivity contribution < 1.29 is 9.72 Å². The molecule has 1 aromatic carbocycles. The number of methoxy groups -OCH3 is 1. The lowest BCUT2D eigenvalue weighted by Crippen LogP contribution is -2.02. The van der Waals surface area contributed by atoms with Gasteiger partial charge in [-0.15, -0.1) is 0 Å². The van der Waals surface area contributed by atoms with E-state index >= 15 is 0 Å². The van der Waals surface area contributed by atoms with E-state index in [9.17, 15) is 0 Å². The molecule has 7 heteroatoms. The molecule has 0 saturated heterocycles. The van der Waals surface area contributed by atoms with Crippen LogP contribution >= 0.6 is 23.2 Å². The van der Waals surface area contributed by atoms with Crippen molar-refractivity contribution in [2.75, 3.05) is 7.11 Å². The number of benzene rings is 1. The molecule has 0 aliphatic heterocycles. The smallest absolute Gasteiger partial charge is 0.395 e. The van der Waals surface area contributed by atoms with Crippen LogP contribution in [-0.2, 0) is 0 Å². The molecule has 2 N–H and O–H groups in total. The molecular weight excluding hydrogens is 287 g/mol. The molecule has 0 amide bonds. The fourth-order valence-corrected chi connectivity index (χ4v) is 2.32. The Balaban J connectivity index is 2.31. The highest BCUT2D eigenvalue weighted by atomic mass is 35.5. The second kappa shape index (κ2) is 4.68. The number of fused-ring (bicyclic) bond motifs is 1. The Morgan fingerprint density at radius 3 is 2.84 bits per heavy atom. The molecule has 0 bridgehead atoms. The third-order valence-electron chi connectivity index (χ3n) is 2.68. The molecule has 0 radical (unpaired) electrons. The summed E-state index contributed by atoms with van der Waals surface area (Å²) in [5, 5.41) is 1.09. The molecule has 2 aromatic heterocycles. The van der Waals surface area contributed by atoms with E-state index in [1.165, 1.54) is 7.11 Å². The van der Waals surface area contributed by atoms with E-state index in [-0.39, 0.29) is 6.01 Å². The number of ether oxygens (including phenoxy) is 1. The van der Waals surface area contributed by atoms with Crippen molar-refractivity contribution in [1.29, 1.82) is 0 Å². The zero-order valence-electron chi connectivity index (χ0n) is 9.87. The van der Waals surface area contributed by atoms with Gasteiger partial charge in [-0.3, -0.25) is 4.98 Å². The van der Waals surface area contributed by atoms with E-state index in [0.717, 1.165) is 11.1 Å². The van der Waals surface area contributed by atoms with Gasteiger partial charge in [-0.25, -0.2) is 4.98 Å². The van der Waals surface area contributed by atoms with Crippen LogP contribution in [0.4, 0.5) is 0 Å². The van der Waals surface area contributed by atoms with Crippen LogP contribution in [0.1, 0.15) is 0 Å². The fourth-order valence-electron chi connectivity index (χ4n) is 1.83. The summed E-state index contributed by atoms with van der Waals surface area (Å²) >= 11 is 12.1. The number of imidazole rings is 1. The van der Waals surface area contributed by atoms with Crippen LogP contribution in [0.15, 0.2) is 24.5 Å². The van der Waals surface area contributed by atoms with Gasteiger partial charge >= 0.3 is 11.7 Å². The lowest BCUT2D eigenvalue weighted by atomic mass is 10.1. The predicted octanol–water partition coefficient (Wildman–Crippen LogP) is 2.75. The maximum atomic E-state index is 6.22. The van der Waals surface area contributed by atoms with Crippen LogP contribution in [0.2, 0.25) is 10.0 Å². The summed E-state index contributed by atoms with van der Waals surface area (Å²) in [7, 11) is 1.51. The molecule has 3 rings (SSSR count). The Hall–Kier alpha value is -1.85. The summed E-state index contributed by atoms with van der Waals surface area (Å²) in [5.41, 5.74) is 2.82. The number of hydrogen-bond donors (Lipinski definition) is 1. The van der Waals surface area contributed by atoms with Gasteiger partial charge in [0.1, 0.15) is 5.69 Å². The molecule has 2 heterocycles. The molecule has 0 spiro atoms. The van der Waals surface area contributed by atoms with E-state index in [1.807, 2.05) is 6.07 Å². The average Bonchev–Trinajstić information content (AvgIpc) is 2.86. The third-order valence-corrected chi connectivity index (χ3v) is 3.23. The van der Waals surface area contributed by atoms with Gasteiger partial charge < -0.3 is 4.74 Å². The maximum Gasteiger partial charge on any atom is 0.395 e. The summed E-state index contributed by atoms with van der Waals surface area (Å²) in [4.78, 5) is 14.6. The lowest BCUT2D eigenvalue weighted by molar-refractivity contribution is -0.347. The first-order chi connectivity index (χ1) is 9.19. The van der Waals surface area contributed by atoms with Crippen LogP contribution in [0.25, 0.3) is 22.4 Å². The second-order valence-corrected chi connectivity index (χ2v) is 4.68. The van der Waals surface area contributed by atoms with Gasteiger partial charge in [0.25, 0.3) is 0 Å². The Kier molecular flexibility index (Phi) is 3.00. The third kappa shape index (κ3) is 2.11. The summed E-state index contributed by atoms with van der Waals surface area (Å²) in [6.07, 6.45) is 1.67. The van der Waals surface area contributed by atoms with Gasteiger partial charge in [0.05, 0.1) is 12.1 Å². The molecule has 3 aromatic rings. The average molecular weight is 296 g/mol. The van der Waals surface area contributed by atoms with Crippen molar-refractivity contribution in [2.45, 2.75) is 0 Å². The summed E-state index contributed by atoms with van der Waals surface area (Å²) in [5.74, 6) is 0. The van der Waals surface area contributed by atoms with Crippen LogP contribution in [0.3, 0.4) is 0 Å². The number of nitrogens with one attached hydrogen (secondary N) is 2. The highest BCUT2D eigenvalue weighted by Gasteiger charge is 2.19. The molecule has 0 atom stereocenters. The molecule has 0 fully saturated rings. The van der Waals surface area contributed by atoms with Crippen LogP contribution in [-0.4, -0.2) is 22.1 Å². The largest absolute Gasteiger partial charge is 0.454 e. The fraction of sp³-hybridized carbons (Fsp3) is 0.0833. The maximum absolute atomic E-state index is 6.22. The van der Waals surface area contributed by atoms with Crippen molar-refractivity contribution in [1.82, 2.24) is 15.0 Å². The first-order valence-electron chi connectivity index (χ1n) is 5.45. The number of H-pyrrole nitrogens is 2. The van der Waals surface area contributed by atoms with E-state index in [0.29, 0.717) is 21.4 Å². The molecule has 0 aliphatic carbocycles. The molecule has 96 valence electrons.